The maximum atomic E-state index is 8.42. The molecule has 0 aliphatic rings. The Bertz CT molecular complexity index is 37.0. The summed E-state index contributed by atoms with van der Waals surface area (Å²) in [5.41, 5.74) is 0. The zero-order chi connectivity index (χ0) is 7.15. The third kappa shape index (κ3) is 2670. The van der Waals surface area contributed by atoms with Crippen LogP contribution in [-0.2, 0) is 0 Å². The summed E-state index contributed by atoms with van der Waals surface area (Å²) in [6.45, 7) is 0. The van der Waals surface area contributed by atoms with E-state index in [0.29, 0.717) is 0 Å². The van der Waals surface area contributed by atoms with Gasteiger partial charge in [-0.3, -0.25) is 14.6 Å². The van der Waals surface area contributed by atoms with Crippen LogP contribution in [0.4, 0.5) is 0 Å². The van der Waals surface area contributed by atoms with Gasteiger partial charge in [0.2, 0.25) is 0 Å². The third-order valence-corrected chi connectivity index (χ3v) is 0. The summed E-state index contributed by atoms with van der Waals surface area (Å²) in [7, 11) is -5.83. The summed E-state index contributed by atoms with van der Waals surface area (Å²) in [5.74, 6) is 0. The van der Waals surface area contributed by atoms with E-state index in [1.54, 1.807) is 0 Å². The van der Waals surface area contributed by atoms with Crippen LogP contribution in [0.3, 0.4) is 0 Å². The Hall–Kier alpha value is 1.79. The second kappa shape index (κ2) is 155. The van der Waals surface area contributed by atoms with E-state index < -0.39 is 14.6 Å². The molecule has 0 fully saturated rings. The SMILES string of the molecule is O.O.O.O.O.O.O.O.O.O.[Mg+2].[Mg+2].[Mg+2].[O-]B([O-])[O-].[O-]B([O-])[O-]. The van der Waals surface area contributed by atoms with E-state index in [1.165, 1.54) is 0 Å². The van der Waals surface area contributed by atoms with Gasteiger partial charge in [-0.05, 0) is 0 Å². The Balaban J connectivity index is -0.00000000163. The number of hydrogen-bond donors (Lipinski definition) is 0. The smallest absolute Gasteiger partial charge is 0.907 e. The average molecular weight is 371 g/mol. The van der Waals surface area contributed by atoms with E-state index in [-0.39, 0.29) is 124 Å². The van der Waals surface area contributed by atoms with Gasteiger partial charge in [0.25, 0.3) is 0 Å². The zero-order valence-electron chi connectivity index (χ0n) is 10.7. The fourth-order valence-electron chi connectivity index (χ4n) is 0. The van der Waals surface area contributed by atoms with Gasteiger partial charge in [0.1, 0.15) is 0 Å². The normalized spacial score (nSPS) is 2.57. The van der Waals surface area contributed by atoms with Crippen LogP contribution in [0.2, 0.25) is 0 Å². The van der Waals surface area contributed by atoms with Crippen LogP contribution >= 0.6 is 0 Å². The summed E-state index contributed by atoms with van der Waals surface area (Å²) < 4.78 is 0. The molecule has 0 saturated carbocycles. The molecule has 0 unspecified atom stereocenters. The van der Waals surface area contributed by atoms with Crippen molar-refractivity contribution in [3.8, 4) is 0 Å². The van der Waals surface area contributed by atoms with Crippen LogP contribution in [-0.4, -0.2) is 139 Å². The van der Waals surface area contributed by atoms with Gasteiger partial charge in [0, 0.05) is 0 Å². The fraction of sp³-hybridized carbons (Fsp3) is 0. The first-order valence-corrected chi connectivity index (χ1v) is 1.41. The minimum atomic E-state index is -2.92. The summed E-state index contributed by atoms with van der Waals surface area (Å²) in [6, 6.07) is 0. The summed E-state index contributed by atoms with van der Waals surface area (Å²) in [5, 5.41) is 50.5. The van der Waals surface area contributed by atoms with Gasteiger partial charge in [0.15, 0.2) is 0 Å². The quantitative estimate of drug-likeness (QED) is 0.371. The van der Waals surface area contributed by atoms with Crippen molar-refractivity contribution >= 4 is 83.8 Å². The Morgan fingerprint density at radius 3 is 0.286 bits per heavy atom. The molecule has 0 heterocycles. The van der Waals surface area contributed by atoms with Crippen LogP contribution in [0.5, 0.6) is 0 Å². The van der Waals surface area contributed by atoms with Gasteiger partial charge in [-0.25, -0.2) is 0 Å². The van der Waals surface area contributed by atoms with E-state index in [1.807, 2.05) is 0 Å². The summed E-state index contributed by atoms with van der Waals surface area (Å²) in [4.78, 5) is 0. The van der Waals surface area contributed by atoms with Crippen molar-refractivity contribution in [3.05, 3.63) is 0 Å². The molecule has 0 aromatic rings. The van der Waals surface area contributed by atoms with Crippen molar-refractivity contribution < 1.29 is 84.9 Å². The molecule has 0 bridgehead atoms. The standard InChI is InChI=1S/2BO3.3Mg.10H2O/c2*2-1(3)4;;;;;;;;;;;;;/h;;;;;10*1H2/q2*-3;3*+2;;;;;;;;;;. The van der Waals surface area contributed by atoms with Gasteiger partial charge in [-0.2, -0.15) is 0 Å². The molecule has 0 radical (unpaired) electrons. The molecule has 16 nitrogen and oxygen atoms in total. The Morgan fingerprint density at radius 1 is 0.286 bits per heavy atom. The molecule has 21 heteroatoms. The second-order valence-electron chi connectivity index (χ2n) is 0.577. The van der Waals surface area contributed by atoms with Crippen LogP contribution in [0.25, 0.3) is 0 Å². The molecule has 0 aromatic carbocycles. The first-order valence-electron chi connectivity index (χ1n) is 1.41. The van der Waals surface area contributed by atoms with Crippen molar-refractivity contribution in [1.29, 1.82) is 0 Å². The van der Waals surface area contributed by atoms with E-state index in [9.17, 15) is 0 Å². The molecular formula is H20B2Mg3O16. The molecule has 0 spiro atoms. The van der Waals surface area contributed by atoms with Crippen molar-refractivity contribution in [1.82, 2.24) is 0 Å². The molecule has 0 saturated heterocycles. The minimum Gasteiger partial charge on any atom is -0.907 e. The van der Waals surface area contributed by atoms with Gasteiger partial charge in [0.05, 0.1) is 0 Å². The molecule has 128 valence electrons. The van der Waals surface area contributed by atoms with Crippen molar-refractivity contribution in [2.45, 2.75) is 0 Å². The molecule has 0 aliphatic heterocycles. The van der Waals surface area contributed by atoms with Gasteiger partial charge in [-0.15, -0.1) is 0 Å². The average Bonchev–Trinajstić information content (AvgIpc) is 1.25. The van der Waals surface area contributed by atoms with E-state index in [4.69, 9.17) is 30.1 Å². The first-order chi connectivity index (χ1) is 3.46. The van der Waals surface area contributed by atoms with Crippen LogP contribution in [0, 0.1) is 0 Å². The maximum Gasteiger partial charge on any atom is 2.00 e. The predicted octanol–water partition coefficient (Wildman–Crippen LogP) is -17.3. The van der Waals surface area contributed by atoms with E-state index in [0.717, 1.165) is 0 Å². The van der Waals surface area contributed by atoms with Crippen molar-refractivity contribution in [3.63, 3.8) is 0 Å². The molecule has 20 N–H and O–H groups in total. The zero-order valence-corrected chi connectivity index (χ0v) is 15.0. The number of hydrogen-bond acceptors (Lipinski definition) is 6. The molecule has 0 atom stereocenters. The Morgan fingerprint density at radius 2 is 0.286 bits per heavy atom. The molecule has 0 rings (SSSR count). The van der Waals surface area contributed by atoms with Crippen LogP contribution < -0.4 is 30.1 Å². The fourth-order valence-corrected chi connectivity index (χ4v) is 0. The Kier molecular flexibility index (Phi) is 1320. The van der Waals surface area contributed by atoms with Crippen molar-refractivity contribution in [2.24, 2.45) is 0 Å². The van der Waals surface area contributed by atoms with Gasteiger partial charge in [-0.1, -0.05) is 0 Å². The molecule has 0 aliphatic carbocycles. The third-order valence-electron chi connectivity index (χ3n) is 0. The molecule has 21 heavy (non-hydrogen) atoms. The van der Waals surface area contributed by atoms with E-state index in [2.05, 4.69) is 0 Å². The van der Waals surface area contributed by atoms with Gasteiger partial charge < -0.3 is 84.9 Å². The van der Waals surface area contributed by atoms with Crippen LogP contribution in [0.15, 0.2) is 0 Å². The summed E-state index contributed by atoms with van der Waals surface area (Å²) >= 11 is 0. The second-order valence-corrected chi connectivity index (χ2v) is 0.577. The Labute approximate surface area is 168 Å². The predicted molar refractivity (Wildman–Crippen MR) is 64.9 cm³/mol. The van der Waals surface area contributed by atoms with Gasteiger partial charge >= 0.3 is 69.2 Å². The topological polar surface area (TPSA) is 453 Å². The maximum absolute atomic E-state index is 8.42. The minimum absolute atomic E-state index is 0. The molecular weight excluding hydrogens is 351 g/mol. The largest absolute Gasteiger partial charge is 2.00 e. The first kappa shape index (κ1) is 178. The monoisotopic (exact) mass is 370 g/mol. The molecule has 0 amide bonds. The van der Waals surface area contributed by atoms with E-state index >= 15 is 0 Å². The molecule has 0 aromatic heterocycles. The summed E-state index contributed by atoms with van der Waals surface area (Å²) in [6.07, 6.45) is 0. The number of rotatable bonds is 0. The van der Waals surface area contributed by atoms with Crippen molar-refractivity contribution in [2.75, 3.05) is 0 Å². The van der Waals surface area contributed by atoms with Crippen LogP contribution in [0.1, 0.15) is 0 Å².